The molecule has 27 heavy (non-hydrogen) atoms. The maximum atomic E-state index is 12.7. The van der Waals surface area contributed by atoms with Crippen molar-refractivity contribution in [3.8, 4) is 5.69 Å². The zero-order valence-corrected chi connectivity index (χ0v) is 15.4. The second kappa shape index (κ2) is 6.64. The lowest BCUT2D eigenvalue weighted by Gasteiger charge is -2.13. The number of nitrogens with zero attached hydrogens (tertiary/aromatic N) is 4. The van der Waals surface area contributed by atoms with Crippen molar-refractivity contribution < 1.29 is 4.79 Å². The lowest BCUT2D eigenvalue weighted by Crippen LogP contribution is -2.14. The Labute approximate surface area is 156 Å². The van der Waals surface area contributed by atoms with Crippen molar-refractivity contribution in [2.75, 3.05) is 5.32 Å². The molecule has 2 aromatic carbocycles. The Kier molecular flexibility index (Phi) is 4.16. The first-order valence-corrected chi connectivity index (χ1v) is 8.69. The fourth-order valence-electron chi connectivity index (χ4n) is 3.16. The average molecular weight is 357 g/mol. The van der Waals surface area contributed by atoms with Crippen LogP contribution in [-0.2, 0) is 0 Å². The largest absolute Gasteiger partial charge is 0.322 e. The van der Waals surface area contributed by atoms with E-state index in [0.717, 1.165) is 33.6 Å². The van der Waals surface area contributed by atoms with Gasteiger partial charge in [0.25, 0.3) is 5.91 Å². The lowest BCUT2D eigenvalue weighted by atomic mass is 10.1. The minimum Gasteiger partial charge on any atom is -0.322 e. The van der Waals surface area contributed by atoms with Crippen LogP contribution in [0.1, 0.15) is 27.0 Å². The summed E-state index contributed by atoms with van der Waals surface area (Å²) in [6.45, 7) is 5.92. The van der Waals surface area contributed by atoms with Gasteiger partial charge in [-0.3, -0.25) is 4.79 Å². The molecule has 0 aliphatic carbocycles. The van der Waals surface area contributed by atoms with Crippen LogP contribution in [0.2, 0.25) is 0 Å². The van der Waals surface area contributed by atoms with Crippen LogP contribution in [0, 0.1) is 20.8 Å². The van der Waals surface area contributed by atoms with E-state index in [0.29, 0.717) is 11.2 Å². The number of hydrogen-bond donors (Lipinski definition) is 1. The summed E-state index contributed by atoms with van der Waals surface area (Å²) >= 11 is 0. The summed E-state index contributed by atoms with van der Waals surface area (Å²) < 4.78 is 1.69. The molecule has 0 spiro atoms. The highest BCUT2D eigenvalue weighted by Crippen LogP contribution is 2.22. The van der Waals surface area contributed by atoms with Gasteiger partial charge in [-0.05, 0) is 67.8 Å². The molecule has 6 heteroatoms. The monoisotopic (exact) mass is 357 g/mol. The van der Waals surface area contributed by atoms with E-state index in [2.05, 4.69) is 20.6 Å². The Hall–Kier alpha value is -3.54. The van der Waals surface area contributed by atoms with Crippen molar-refractivity contribution in [1.29, 1.82) is 0 Å². The van der Waals surface area contributed by atoms with E-state index >= 15 is 0 Å². The molecule has 0 saturated heterocycles. The van der Waals surface area contributed by atoms with E-state index in [1.165, 1.54) is 0 Å². The fraction of sp³-hybridized carbons (Fsp3) is 0.143. The Balaban J connectivity index is 1.67. The van der Waals surface area contributed by atoms with E-state index in [1.54, 1.807) is 16.9 Å². The first kappa shape index (κ1) is 16.9. The zero-order valence-electron chi connectivity index (χ0n) is 15.4. The maximum absolute atomic E-state index is 12.7. The number of benzene rings is 2. The third-order valence-electron chi connectivity index (χ3n) is 4.62. The van der Waals surface area contributed by atoms with Crippen LogP contribution >= 0.6 is 0 Å². The number of fused-ring (bicyclic) bond motifs is 1. The topological polar surface area (TPSA) is 72.7 Å². The predicted molar refractivity (Wildman–Crippen MR) is 105 cm³/mol. The summed E-state index contributed by atoms with van der Waals surface area (Å²) in [7, 11) is 0. The maximum Gasteiger partial charge on any atom is 0.255 e. The second-order valence-corrected chi connectivity index (χ2v) is 6.57. The van der Waals surface area contributed by atoms with Gasteiger partial charge in [-0.2, -0.15) is 4.68 Å². The van der Waals surface area contributed by atoms with E-state index in [4.69, 9.17) is 0 Å². The van der Waals surface area contributed by atoms with Gasteiger partial charge in [0, 0.05) is 17.4 Å². The Bertz CT molecular complexity index is 1140. The number of aromatic nitrogens is 4. The van der Waals surface area contributed by atoms with Crippen molar-refractivity contribution in [2.45, 2.75) is 20.8 Å². The molecular weight excluding hydrogens is 338 g/mol. The minimum absolute atomic E-state index is 0.136. The average Bonchev–Trinajstić information content (AvgIpc) is 3.08. The highest BCUT2D eigenvalue weighted by Gasteiger charge is 2.14. The van der Waals surface area contributed by atoms with Crippen LogP contribution in [0.25, 0.3) is 16.9 Å². The second-order valence-electron chi connectivity index (χ2n) is 6.57. The molecule has 0 radical (unpaired) electrons. The number of aryl methyl sites for hydroxylation is 3. The van der Waals surface area contributed by atoms with Gasteiger partial charge in [0.2, 0.25) is 0 Å². The summed E-state index contributed by atoms with van der Waals surface area (Å²) in [5.41, 5.74) is 6.71. The van der Waals surface area contributed by atoms with Gasteiger partial charge >= 0.3 is 0 Å². The van der Waals surface area contributed by atoms with Crippen LogP contribution < -0.4 is 5.32 Å². The predicted octanol–water partition coefficient (Wildman–Crippen LogP) is 3.99. The molecule has 134 valence electrons. The number of nitrogens with one attached hydrogen (secondary N) is 1. The minimum atomic E-state index is -0.136. The fourth-order valence-corrected chi connectivity index (χ4v) is 3.16. The van der Waals surface area contributed by atoms with Gasteiger partial charge in [0.05, 0.1) is 5.69 Å². The van der Waals surface area contributed by atoms with Crippen LogP contribution in [0.15, 0.2) is 54.7 Å². The SMILES string of the molecule is Cc1cc(C(=O)Nc2c(C)cccc2C)ccc1-n1nnc2cccnc21. The van der Waals surface area contributed by atoms with Crippen LogP contribution in [-0.4, -0.2) is 25.9 Å². The molecule has 0 bridgehead atoms. The molecule has 1 amide bonds. The molecule has 0 unspecified atom stereocenters. The highest BCUT2D eigenvalue weighted by molar-refractivity contribution is 6.05. The normalized spacial score (nSPS) is 10.9. The van der Waals surface area contributed by atoms with Crippen molar-refractivity contribution >= 4 is 22.8 Å². The molecule has 0 fully saturated rings. The third-order valence-corrected chi connectivity index (χ3v) is 4.62. The molecule has 0 saturated carbocycles. The molecule has 2 heterocycles. The third kappa shape index (κ3) is 3.06. The van der Waals surface area contributed by atoms with Crippen molar-refractivity contribution in [3.63, 3.8) is 0 Å². The molecular formula is C21H19N5O. The number of carbonyl (C=O) groups is 1. The molecule has 4 rings (SSSR count). The number of hydrogen-bond acceptors (Lipinski definition) is 4. The van der Waals surface area contributed by atoms with Gasteiger partial charge in [0.1, 0.15) is 5.52 Å². The van der Waals surface area contributed by atoms with Crippen molar-refractivity contribution in [3.05, 3.63) is 77.0 Å². The summed E-state index contributed by atoms with van der Waals surface area (Å²) in [5.74, 6) is -0.136. The summed E-state index contributed by atoms with van der Waals surface area (Å²) in [5, 5.41) is 11.4. The molecule has 2 aromatic heterocycles. The molecule has 0 aliphatic heterocycles. The molecule has 6 nitrogen and oxygen atoms in total. The first-order valence-electron chi connectivity index (χ1n) is 8.69. The molecule has 0 atom stereocenters. The quantitative estimate of drug-likeness (QED) is 0.602. The van der Waals surface area contributed by atoms with Gasteiger partial charge in [-0.25, -0.2) is 4.98 Å². The van der Waals surface area contributed by atoms with Crippen LogP contribution in [0.5, 0.6) is 0 Å². The van der Waals surface area contributed by atoms with Gasteiger partial charge < -0.3 is 5.32 Å². The lowest BCUT2D eigenvalue weighted by molar-refractivity contribution is 0.102. The first-order chi connectivity index (χ1) is 13.0. The standard InChI is InChI=1S/C21H19N5O/c1-13-6-4-7-14(2)19(13)23-21(27)16-9-10-18(15(3)12-16)26-20-17(24-25-26)8-5-11-22-20/h4-12H,1-3H3,(H,23,27). The summed E-state index contributed by atoms with van der Waals surface area (Å²) in [6, 6.07) is 15.2. The summed E-state index contributed by atoms with van der Waals surface area (Å²) in [4.78, 5) is 17.1. The molecule has 0 aliphatic rings. The number of pyridine rings is 1. The van der Waals surface area contributed by atoms with Crippen LogP contribution in [0.4, 0.5) is 5.69 Å². The van der Waals surface area contributed by atoms with Gasteiger partial charge in [-0.1, -0.05) is 23.4 Å². The number of para-hydroxylation sites is 1. The molecule has 1 N–H and O–H groups in total. The Morgan fingerprint density at radius 1 is 0.963 bits per heavy atom. The summed E-state index contributed by atoms with van der Waals surface area (Å²) in [6.07, 6.45) is 1.71. The Morgan fingerprint density at radius 3 is 2.48 bits per heavy atom. The van der Waals surface area contributed by atoms with Crippen molar-refractivity contribution in [1.82, 2.24) is 20.0 Å². The van der Waals surface area contributed by atoms with E-state index < -0.39 is 0 Å². The van der Waals surface area contributed by atoms with Crippen molar-refractivity contribution in [2.24, 2.45) is 0 Å². The van der Waals surface area contributed by atoms with E-state index in [9.17, 15) is 4.79 Å². The van der Waals surface area contributed by atoms with E-state index in [-0.39, 0.29) is 5.91 Å². The highest BCUT2D eigenvalue weighted by atomic mass is 16.1. The van der Waals surface area contributed by atoms with Gasteiger partial charge in [-0.15, -0.1) is 5.10 Å². The van der Waals surface area contributed by atoms with E-state index in [1.807, 2.05) is 63.2 Å². The van der Waals surface area contributed by atoms with Crippen LogP contribution in [0.3, 0.4) is 0 Å². The smallest absolute Gasteiger partial charge is 0.255 e. The Morgan fingerprint density at radius 2 is 1.74 bits per heavy atom. The number of carbonyl (C=O) groups excluding carboxylic acids is 1. The zero-order chi connectivity index (χ0) is 19.0. The number of anilines is 1. The molecule has 4 aromatic rings. The number of amides is 1. The number of rotatable bonds is 3. The van der Waals surface area contributed by atoms with Gasteiger partial charge in [0.15, 0.2) is 5.65 Å².